The Labute approximate surface area is 170 Å². The van der Waals surface area contributed by atoms with Gasteiger partial charge >= 0.3 is 0 Å². The number of allylic oxidation sites excluding steroid dienone is 2. The summed E-state index contributed by atoms with van der Waals surface area (Å²) in [4.78, 5) is 31.6. The van der Waals surface area contributed by atoms with Crippen LogP contribution < -0.4 is 4.74 Å². The van der Waals surface area contributed by atoms with E-state index < -0.39 is 5.92 Å². The number of hydrogen-bond donors (Lipinski definition) is 0. The van der Waals surface area contributed by atoms with Crippen molar-refractivity contribution in [1.82, 2.24) is 0 Å². The van der Waals surface area contributed by atoms with E-state index in [-0.39, 0.29) is 22.9 Å². The van der Waals surface area contributed by atoms with E-state index in [1.165, 1.54) is 0 Å². The van der Waals surface area contributed by atoms with Gasteiger partial charge in [0.25, 0.3) is 0 Å². The predicted molar refractivity (Wildman–Crippen MR) is 112 cm³/mol. The molecule has 0 saturated carbocycles. The first-order valence-electron chi connectivity index (χ1n) is 10.0. The Morgan fingerprint density at radius 3 is 2.31 bits per heavy atom. The third-order valence-corrected chi connectivity index (χ3v) is 6.32. The van der Waals surface area contributed by atoms with Gasteiger partial charge in [-0.1, -0.05) is 50.2 Å². The smallest absolute Gasteiger partial charge is 0.173 e. The largest absolute Gasteiger partial charge is 0.497 e. The van der Waals surface area contributed by atoms with Gasteiger partial charge < -0.3 is 4.74 Å². The van der Waals surface area contributed by atoms with E-state index in [0.29, 0.717) is 12.0 Å². The summed E-state index contributed by atoms with van der Waals surface area (Å²) in [6.07, 6.45) is 1.23. The molecule has 4 heteroatoms. The fraction of sp³-hybridized carbons (Fsp3) is 0.320. The van der Waals surface area contributed by atoms with Crippen LogP contribution in [0.15, 0.2) is 64.8 Å². The van der Waals surface area contributed by atoms with E-state index in [2.05, 4.69) is 13.8 Å². The van der Waals surface area contributed by atoms with Gasteiger partial charge in [-0.2, -0.15) is 0 Å². The monoisotopic (exact) mass is 385 g/mol. The number of nitrogens with zero attached hydrogens (tertiary/aromatic N) is 1. The number of benzene rings is 2. The minimum Gasteiger partial charge on any atom is -0.497 e. The lowest BCUT2D eigenvalue weighted by atomic mass is 9.66. The van der Waals surface area contributed by atoms with Crippen LogP contribution in [0.4, 0.5) is 0 Å². The standard InChI is InChI=1S/C25H23NO3/c1-25(2)12-18-21(19(27)13-25)20(14-8-10-15(29-3)11-9-14)22-23(26-18)16-6-4-5-7-17(16)24(22)28/h4-11,20,22H,12-13H2,1-3H3. The topological polar surface area (TPSA) is 55.7 Å². The second-order valence-corrected chi connectivity index (χ2v) is 8.94. The van der Waals surface area contributed by atoms with Crippen molar-refractivity contribution in [3.8, 4) is 5.75 Å². The number of rotatable bonds is 2. The Morgan fingerprint density at radius 2 is 1.62 bits per heavy atom. The number of ketones is 2. The number of ether oxygens (including phenoxy) is 1. The van der Waals surface area contributed by atoms with Crippen LogP contribution in [0.25, 0.3) is 0 Å². The van der Waals surface area contributed by atoms with Gasteiger partial charge in [-0.15, -0.1) is 0 Å². The van der Waals surface area contributed by atoms with Crippen LogP contribution in [-0.4, -0.2) is 24.4 Å². The van der Waals surface area contributed by atoms with Crippen molar-refractivity contribution in [2.75, 3.05) is 7.11 Å². The van der Waals surface area contributed by atoms with Gasteiger partial charge in [0.2, 0.25) is 0 Å². The number of aliphatic imine (C=N–C) groups is 1. The highest BCUT2D eigenvalue weighted by Gasteiger charge is 2.50. The summed E-state index contributed by atoms with van der Waals surface area (Å²) < 4.78 is 5.30. The van der Waals surface area contributed by atoms with Crippen LogP contribution in [-0.2, 0) is 4.79 Å². The van der Waals surface area contributed by atoms with Gasteiger partial charge in [-0.25, -0.2) is 0 Å². The molecular weight excluding hydrogens is 362 g/mol. The summed E-state index contributed by atoms with van der Waals surface area (Å²) in [7, 11) is 1.63. The maximum atomic E-state index is 13.4. The molecule has 2 aromatic carbocycles. The molecule has 3 aliphatic rings. The average Bonchev–Trinajstić information content (AvgIpc) is 2.98. The molecule has 2 unspecified atom stereocenters. The van der Waals surface area contributed by atoms with Crippen molar-refractivity contribution in [3.63, 3.8) is 0 Å². The number of carbonyl (C=O) groups is 2. The lowest BCUT2D eigenvalue weighted by molar-refractivity contribution is -0.118. The number of carbonyl (C=O) groups excluding carboxylic acids is 2. The summed E-state index contributed by atoms with van der Waals surface area (Å²) >= 11 is 0. The van der Waals surface area contributed by atoms with Crippen molar-refractivity contribution >= 4 is 17.3 Å². The molecule has 0 saturated heterocycles. The maximum Gasteiger partial charge on any atom is 0.173 e. The van der Waals surface area contributed by atoms with Crippen molar-refractivity contribution in [2.24, 2.45) is 16.3 Å². The first-order valence-corrected chi connectivity index (χ1v) is 10.0. The van der Waals surface area contributed by atoms with Gasteiger partial charge in [0.05, 0.1) is 18.7 Å². The quantitative estimate of drug-likeness (QED) is 0.750. The van der Waals surface area contributed by atoms with Crippen molar-refractivity contribution in [2.45, 2.75) is 32.6 Å². The van der Waals surface area contributed by atoms with Crippen LogP contribution in [0, 0.1) is 11.3 Å². The lowest BCUT2D eigenvalue weighted by Crippen LogP contribution is -2.37. The van der Waals surface area contributed by atoms with Gasteiger partial charge in [0, 0.05) is 34.7 Å². The molecule has 4 nitrogen and oxygen atoms in total. The molecule has 2 aromatic rings. The van der Waals surface area contributed by atoms with Gasteiger partial charge in [-0.3, -0.25) is 14.6 Å². The Hall–Kier alpha value is -3.01. The fourth-order valence-electron chi connectivity index (χ4n) is 5.06. The summed E-state index contributed by atoms with van der Waals surface area (Å²) in [5.41, 5.74) is 4.84. The van der Waals surface area contributed by atoms with Crippen molar-refractivity contribution in [1.29, 1.82) is 0 Å². The van der Waals surface area contributed by atoms with E-state index in [4.69, 9.17) is 9.73 Å². The van der Waals surface area contributed by atoms with E-state index in [1.54, 1.807) is 7.11 Å². The normalized spacial score (nSPS) is 24.6. The molecule has 0 bridgehead atoms. The van der Waals surface area contributed by atoms with Crippen LogP contribution in [0.1, 0.15) is 54.1 Å². The highest BCUT2D eigenvalue weighted by molar-refractivity contribution is 6.30. The molecule has 0 aromatic heterocycles. The third kappa shape index (κ3) is 2.70. The van der Waals surface area contributed by atoms with Crippen molar-refractivity contribution < 1.29 is 14.3 Å². The highest BCUT2D eigenvalue weighted by atomic mass is 16.5. The van der Waals surface area contributed by atoms with Crippen LogP contribution >= 0.6 is 0 Å². The van der Waals surface area contributed by atoms with Crippen molar-refractivity contribution in [3.05, 3.63) is 76.5 Å². The highest BCUT2D eigenvalue weighted by Crippen LogP contribution is 2.51. The first kappa shape index (κ1) is 18.0. The summed E-state index contributed by atoms with van der Waals surface area (Å²) in [5.74, 6) is 0.189. The number of Topliss-reactive ketones (excluding diaryl/α,β-unsaturated/α-hetero) is 2. The Balaban J connectivity index is 1.74. The van der Waals surface area contributed by atoms with E-state index in [1.807, 2.05) is 48.5 Å². The maximum absolute atomic E-state index is 13.4. The molecule has 2 aliphatic carbocycles. The summed E-state index contributed by atoms with van der Waals surface area (Å²) in [6.45, 7) is 4.22. The Morgan fingerprint density at radius 1 is 0.931 bits per heavy atom. The minimum atomic E-state index is -0.440. The second-order valence-electron chi connectivity index (χ2n) is 8.94. The predicted octanol–water partition coefficient (Wildman–Crippen LogP) is 4.74. The zero-order valence-electron chi connectivity index (χ0n) is 16.9. The van der Waals surface area contributed by atoms with Gasteiger partial charge in [0.15, 0.2) is 11.6 Å². The average molecular weight is 385 g/mol. The van der Waals surface area contributed by atoms with Crippen LogP contribution in [0.2, 0.25) is 0 Å². The SMILES string of the molecule is COc1ccc(C2C3=C(CC(C)(C)CC3=O)N=C3c4ccccc4C(=O)C32)cc1. The molecule has 1 aliphatic heterocycles. The summed E-state index contributed by atoms with van der Waals surface area (Å²) in [5, 5.41) is 0. The number of methoxy groups -OCH3 is 1. The van der Waals surface area contributed by atoms with Crippen LogP contribution in [0.3, 0.4) is 0 Å². The zero-order chi connectivity index (χ0) is 20.3. The molecule has 2 atom stereocenters. The lowest BCUT2D eigenvalue weighted by Gasteiger charge is -2.38. The van der Waals surface area contributed by atoms with E-state index >= 15 is 0 Å². The number of hydrogen-bond acceptors (Lipinski definition) is 4. The zero-order valence-corrected chi connectivity index (χ0v) is 16.9. The molecule has 1 heterocycles. The molecule has 29 heavy (non-hydrogen) atoms. The molecule has 146 valence electrons. The van der Waals surface area contributed by atoms with Gasteiger partial charge in [-0.05, 0) is 29.5 Å². The molecule has 0 fully saturated rings. The second kappa shape index (κ2) is 6.24. The first-order chi connectivity index (χ1) is 13.9. The number of fused-ring (bicyclic) bond motifs is 3. The third-order valence-electron chi connectivity index (χ3n) is 6.32. The Bertz CT molecular complexity index is 1110. The summed E-state index contributed by atoms with van der Waals surface area (Å²) in [6, 6.07) is 15.4. The van der Waals surface area contributed by atoms with Gasteiger partial charge in [0.1, 0.15) is 5.75 Å². The van der Waals surface area contributed by atoms with E-state index in [0.717, 1.165) is 40.3 Å². The molecule has 5 rings (SSSR count). The van der Waals surface area contributed by atoms with E-state index in [9.17, 15) is 9.59 Å². The molecule has 0 N–H and O–H groups in total. The molecule has 0 spiro atoms. The Kier molecular flexibility index (Phi) is 3.89. The molecule has 0 amide bonds. The van der Waals surface area contributed by atoms with Crippen LogP contribution in [0.5, 0.6) is 5.75 Å². The molecule has 0 radical (unpaired) electrons. The fourth-order valence-corrected chi connectivity index (χ4v) is 5.06. The molecular formula is C25H23NO3. The minimum absolute atomic E-state index is 0.0596.